The SMILES string of the molecule is CCOCC1CCCN(c2ccc([N+](=O)[O-])cc2[N+](=O)[O-])C1. The molecule has 0 spiro atoms. The van der Waals surface area contributed by atoms with E-state index < -0.39 is 9.85 Å². The van der Waals surface area contributed by atoms with E-state index in [1.54, 1.807) is 0 Å². The highest BCUT2D eigenvalue weighted by Crippen LogP contribution is 2.34. The quantitative estimate of drug-likeness (QED) is 0.592. The van der Waals surface area contributed by atoms with Crippen molar-refractivity contribution in [2.24, 2.45) is 5.92 Å². The van der Waals surface area contributed by atoms with Gasteiger partial charge in [-0.1, -0.05) is 0 Å². The number of non-ortho nitro benzene ring substituents is 1. The van der Waals surface area contributed by atoms with Gasteiger partial charge in [-0.25, -0.2) is 0 Å². The first-order valence-electron chi connectivity index (χ1n) is 7.28. The van der Waals surface area contributed by atoms with E-state index in [9.17, 15) is 20.2 Å². The molecule has 1 fully saturated rings. The molecule has 0 amide bonds. The number of anilines is 1. The second-order valence-electron chi connectivity index (χ2n) is 5.30. The average molecular weight is 309 g/mol. The van der Waals surface area contributed by atoms with Crippen molar-refractivity contribution in [2.45, 2.75) is 19.8 Å². The summed E-state index contributed by atoms with van der Waals surface area (Å²) in [4.78, 5) is 22.8. The van der Waals surface area contributed by atoms with Gasteiger partial charge in [0.1, 0.15) is 5.69 Å². The van der Waals surface area contributed by atoms with E-state index >= 15 is 0 Å². The molecular formula is C14H19N3O5. The van der Waals surface area contributed by atoms with Gasteiger partial charge in [0.2, 0.25) is 0 Å². The fourth-order valence-electron chi connectivity index (χ4n) is 2.74. The number of ether oxygens (including phenoxy) is 1. The predicted molar refractivity (Wildman–Crippen MR) is 81.2 cm³/mol. The summed E-state index contributed by atoms with van der Waals surface area (Å²) in [6.07, 6.45) is 1.95. The van der Waals surface area contributed by atoms with E-state index in [1.807, 2.05) is 11.8 Å². The number of nitro benzene ring substituents is 2. The minimum Gasteiger partial charge on any atom is -0.381 e. The van der Waals surface area contributed by atoms with Crippen molar-refractivity contribution in [3.63, 3.8) is 0 Å². The third-order valence-corrected chi connectivity index (χ3v) is 3.78. The lowest BCUT2D eigenvalue weighted by molar-refractivity contribution is -0.393. The van der Waals surface area contributed by atoms with Crippen LogP contribution in [0.4, 0.5) is 17.1 Å². The zero-order chi connectivity index (χ0) is 16.1. The molecule has 1 aliphatic rings. The van der Waals surface area contributed by atoms with Gasteiger partial charge in [0.15, 0.2) is 0 Å². The van der Waals surface area contributed by atoms with E-state index in [2.05, 4.69) is 0 Å². The van der Waals surface area contributed by atoms with Crippen LogP contribution in [0.2, 0.25) is 0 Å². The molecule has 1 aliphatic heterocycles. The summed E-state index contributed by atoms with van der Waals surface area (Å²) >= 11 is 0. The molecule has 8 nitrogen and oxygen atoms in total. The van der Waals surface area contributed by atoms with Crippen LogP contribution in [0, 0.1) is 26.1 Å². The van der Waals surface area contributed by atoms with Crippen molar-refractivity contribution in [2.75, 3.05) is 31.2 Å². The summed E-state index contributed by atoms with van der Waals surface area (Å²) in [5, 5.41) is 22.0. The fraction of sp³-hybridized carbons (Fsp3) is 0.571. The second kappa shape index (κ2) is 7.17. The molecule has 1 aromatic carbocycles. The lowest BCUT2D eigenvalue weighted by Crippen LogP contribution is -2.37. The lowest BCUT2D eigenvalue weighted by Gasteiger charge is -2.33. The molecular weight excluding hydrogens is 290 g/mol. The van der Waals surface area contributed by atoms with E-state index in [0.29, 0.717) is 37.9 Å². The van der Waals surface area contributed by atoms with Gasteiger partial charge in [0, 0.05) is 25.8 Å². The van der Waals surface area contributed by atoms with E-state index in [0.717, 1.165) is 18.9 Å². The van der Waals surface area contributed by atoms with Crippen molar-refractivity contribution in [3.8, 4) is 0 Å². The normalized spacial score (nSPS) is 18.2. The highest BCUT2D eigenvalue weighted by atomic mass is 16.6. The van der Waals surface area contributed by atoms with Crippen molar-refractivity contribution in [1.82, 2.24) is 0 Å². The molecule has 0 radical (unpaired) electrons. The maximum absolute atomic E-state index is 11.2. The van der Waals surface area contributed by atoms with Crippen LogP contribution in [0.15, 0.2) is 18.2 Å². The Labute approximate surface area is 128 Å². The van der Waals surface area contributed by atoms with Gasteiger partial charge in [-0.3, -0.25) is 20.2 Å². The topological polar surface area (TPSA) is 98.8 Å². The lowest BCUT2D eigenvalue weighted by atomic mass is 9.98. The van der Waals surface area contributed by atoms with Crippen LogP contribution in [-0.2, 0) is 4.74 Å². The van der Waals surface area contributed by atoms with Gasteiger partial charge < -0.3 is 9.64 Å². The molecule has 0 N–H and O–H groups in total. The Morgan fingerprint density at radius 2 is 2.09 bits per heavy atom. The summed E-state index contributed by atoms with van der Waals surface area (Å²) < 4.78 is 5.44. The van der Waals surface area contributed by atoms with Crippen LogP contribution in [0.5, 0.6) is 0 Å². The zero-order valence-electron chi connectivity index (χ0n) is 12.4. The summed E-state index contributed by atoms with van der Waals surface area (Å²) in [7, 11) is 0. The first-order chi connectivity index (χ1) is 10.5. The Morgan fingerprint density at radius 1 is 1.32 bits per heavy atom. The number of nitro groups is 2. The molecule has 1 atom stereocenters. The van der Waals surface area contributed by atoms with Gasteiger partial charge >= 0.3 is 0 Å². The van der Waals surface area contributed by atoms with Gasteiger partial charge in [0.25, 0.3) is 11.4 Å². The number of rotatable bonds is 6. The van der Waals surface area contributed by atoms with Crippen molar-refractivity contribution in [3.05, 3.63) is 38.4 Å². The molecule has 1 unspecified atom stereocenters. The zero-order valence-corrected chi connectivity index (χ0v) is 12.4. The number of piperidine rings is 1. The monoisotopic (exact) mass is 309 g/mol. The van der Waals surface area contributed by atoms with Crippen LogP contribution in [0.3, 0.4) is 0 Å². The molecule has 0 aromatic heterocycles. The largest absolute Gasteiger partial charge is 0.381 e. The summed E-state index contributed by atoms with van der Waals surface area (Å²) in [6.45, 7) is 4.59. The minimum atomic E-state index is -0.620. The molecule has 2 rings (SSSR count). The second-order valence-corrected chi connectivity index (χ2v) is 5.30. The van der Waals surface area contributed by atoms with Gasteiger partial charge in [-0.05, 0) is 31.7 Å². The smallest absolute Gasteiger partial charge is 0.299 e. The van der Waals surface area contributed by atoms with Crippen LogP contribution in [-0.4, -0.2) is 36.1 Å². The van der Waals surface area contributed by atoms with Gasteiger partial charge in [-0.2, -0.15) is 0 Å². The Kier molecular flexibility index (Phi) is 5.26. The number of hydrogen-bond acceptors (Lipinski definition) is 6. The Bertz CT molecular complexity index is 563. The fourth-order valence-corrected chi connectivity index (χ4v) is 2.74. The van der Waals surface area contributed by atoms with E-state index in [-0.39, 0.29) is 11.4 Å². The van der Waals surface area contributed by atoms with Crippen LogP contribution >= 0.6 is 0 Å². The summed E-state index contributed by atoms with van der Waals surface area (Å²) in [5.74, 6) is 0.323. The Morgan fingerprint density at radius 3 is 2.73 bits per heavy atom. The maximum atomic E-state index is 11.2. The van der Waals surface area contributed by atoms with Gasteiger partial charge in [0.05, 0.1) is 22.5 Å². The van der Waals surface area contributed by atoms with E-state index in [4.69, 9.17) is 4.74 Å². The molecule has 1 aromatic rings. The van der Waals surface area contributed by atoms with Crippen molar-refractivity contribution in [1.29, 1.82) is 0 Å². The summed E-state index contributed by atoms with van der Waals surface area (Å²) in [5.41, 5.74) is -0.0404. The molecule has 1 heterocycles. The molecule has 0 aliphatic carbocycles. The predicted octanol–water partition coefficient (Wildman–Crippen LogP) is 2.76. The van der Waals surface area contributed by atoms with Crippen LogP contribution in [0.25, 0.3) is 0 Å². The standard InChI is InChI=1S/C14H19N3O5/c1-2-22-10-11-4-3-7-15(9-11)13-6-5-12(16(18)19)8-14(13)17(20)21/h5-6,8,11H,2-4,7,9-10H2,1H3. The van der Waals surface area contributed by atoms with E-state index in [1.165, 1.54) is 12.1 Å². The first-order valence-corrected chi connectivity index (χ1v) is 7.28. The number of hydrogen-bond donors (Lipinski definition) is 0. The minimum absolute atomic E-state index is 0.216. The molecule has 8 heteroatoms. The van der Waals surface area contributed by atoms with Gasteiger partial charge in [-0.15, -0.1) is 0 Å². The summed E-state index contributed by atoms with van der Waals surface area (Å²) in [6, 6.07) is 3.81. The highest BCUT2D eigenvalue weighted by molar-refractivity contribution is 5.67. The number of nitrogens with zero attached hydrogens (tertiary/aromatic N) is 3. The molecule has 0 bridgehead atoms. The van der Waals surface area contributed by atoms with Crippen molar-refractivity contribution >= 4 is 17.1 Å². The molecule has 1 saturated heterocycles. The first kappa shape index (κ1) is 16.2. The molecule has 22 heavy (non-hydrogen) atoms. The third kappa shape index (κ3) is 3.70. The van der Waals surface area contributed by atoms with Crippen LogP contribution < -0.4 is 4.90 Å². The number of benzene rings is 1. The maximum Gasteiger partial charge on any atom is 0.299 e. The third-order valence-electron chi connectivity index (χ3n) is 3.78. The van der Waals surface area contributed by atoms with Crippen LogP contribution in [0.1, 0.15) is 19.8 Å². The Balaban J connectivity index is 2.23. The Hall–Kier alpha value is -2.22. The molecule has 120 valence electrons. The molecule has 0 saturated carbocycles. The average Bonchev–Trinajstić information content (AvgIpc) is 2.52. The highest BCUT2D eigenvalue weighted by Gasteiger charge is 2.27. The van der Waals surface area contributed by atoms with Crippen molar-refractivity contribution < 1.29 is 14.6 Å².